The Balaban J connectivity index is 1.76. The number of para-hydroxylation sites is 1. The maximum atomic E-state index is 13.3. The molecular weight excluding hydrogens is 387 g/mol. The van der Waals surface area contributed by atoms with Crippen molar-refractivity contribution in [2.45, 2.75) is 13.8 Å². The van der Waals surface area contributed by atoms with Gasteiger partial charge in [-0.25, -0.2) is 18.9 Å². The van der Waals surface area contributed by atoms with E-state index in [1.54, 1.807) is 44.4 Å². The number of rotatable bonds is 3. The van der Waals surface area contributed by atoms with E-state index in [-0.39, 0.29) is 22.8 Å². The van der Waals surface area contributed by atoms with Crippen LogP contribution in [0.15, 0.2) is 51.7 Å². The lowest BCUT2D eigenvalue weighted by atomic mass is 10.1. The van der Waals surface area contributed by atoms with Crippen molar-refractivity contribution in [3.8, 4) is 28.3 Å². The highest BCUT2D eigenvalue weighted by Crippen LogP contribution is 2.31. The number of oxazole rings is 1. The fraction of sp³-hybridized carbons (Fsp3) is 0.136. The fourth-order valence-corrected chi connectivity index (χ4v) is 3.69. The van der Waals surface area contributed by atoms with E-state index < -0.39 is 0 Å². The summed E-state index contributed by atoms with van der Waals surface area (Å²) in [5.74, 6) is 0.407. The van der Waals surface area contributed by atoms with Crippen molar-refractivity contribution >= 4 is 16.7 Å². The molecule has 0 saturated heterocycles. The molecule has 0 spiro atoms. The van der Waals surface area contributed by atoms with Crippen molar-refractivity contribution in [2.75, 3.05) is 7.11 Å². The molecule has 0 aliphatic rings. The summed E-state index contributed by atoms with van der Waals surface area (Å²) in [6.45, 7) is 3.58. The molecule has 0 fully saturated rings. The molecule has 0 radical (unpaired) electrons. The number of ether oxygens (including phenoxy) is 1. The standard InChI is InChI=1S/C22H17FN4O3/c1-11-18(21-25-19-15(29-3)5-4-6-16(19)30-21)22(28)27-20(24-11)17(12(2)26-27)13-7-9-14(23)10-8-13/h4-10,26H,1-3H3. The van der Waals surface area contributed by atoms with Gasteiger partial charge in [-0.2, -0.15) is 0 Å². The summed E-state index contributed by atoms with van der Waals surface area (Å²) in [5, 5.41) is 3.06. The molecule has 0 unspecified atom stereocenters. The summed E-state index contributed by atoms with van der Waals surface area (Å²) in [6.07, 6.45) is 0. The van der Waals surface area contributed by atoms with Gasteiger partial charge in [-0.1, -0.05) is 18.2 Å². The van der Waals surface area contributed by atoms with Crippen LogP contribution in [0.3, 0.4) is 0 Å². The van der Waals surface area contributed by atoms with E-state index in [9.17, 15) is 9.18 Å². The number of nitrogens with zero attached hydrogens (tertiary/aromatic N) is 3. The Kier molecular flexibility index (Phi) is 3.95. The third-order valence-corrected chi connectivity index (χ3v) is 5.09. The zero-order valence-corrected chi connectivity index (χ0v) is 16.5. The molecule has 2 aromatic carbocycles. The number of fused-ring (bicyclic) bond motifs is 2. The van der Waals surface area contributed by atoms with E-state index in [0.29, 0.717) is 28.2 Å². The van der Waals surface area contributed by atoms with Crippen molar-refractivity contribution in [3.05, 3.63) is 70.0 Å². The van der Waals surface area contributed by atoms with Gasteiger partial charge in [-0.15, -0.1) is 0 Å². The van der Waals surface area contributed by atoms with E-state index in [1.165, 1.54) is 16.6 Å². The molecule has 0 atom stereocenters. The first-order valence-electron chi connectivity index (χ1n) is 9.29. The van der Waals surface area contributed by atoms with E-state index in [2.05, 4.69) is 15.1 Å². The van der Waals surface area contributed by atoms with Crippen molar-refractivity contribution in [1.82, 2.24) is 19.6 Å². The van der Waals surface area contributed by atoms with Crippen LogP contribution in [-0.4, -0.2) is 26.7 Å². The Bertz CT molecular complexity index is 1480. The second-order valence-electron chi connectivity index (χ2n) is 6.98. The van der Waals surface area contributed by atoms with Crippen LogP contribution in [0.2, 0.25) is 0 Å². The van der Waals surface area contributed by atoms with Gasteiger partial charge in [0, 0.05) is 11.3 Å². The second kappa shape index (κ2) is 6.55. The minimum atomic E-state index is -0.334. The minimum Gasteiger partial charge on any atom is -0.494 e. The number of aromatic nitrogens is 4. The predicted octanol–water partition coefficient (Wildman–Crippen LogP) is 4.26. The van der Waals surface area contributed by atoms with Crippen molar-refractivity contribution in [1.29, 1.82) is 0 Å². The van der Waals surface area contributed by atoms with Crippen LogP contribution in [0, 0.1) is 19.7 Å². The van der Waals surface area contributed by atoms with Gasteiger partial charge in [0.1, 0.15) is 17.1 Å². The van der Waals surface area contributed by atoms with E-state index >= 15 is 0 Å². The van der Waals surface area contributed by atoms with Crippen LogP contribution in [0.4, 0.5) is 4.39 Å². The summed E-state index contributed by atoms with van der Waals surface area (Å²) in [6, 6.07) is 11.4. The summed E-state index contributed by atoms with van der Waals surface area (Å²) >= 11 is 0. The lowest BCUT2D eigenvalue weighted by Gasteiger charge is -2.04. The van der Waals surface area contributed by atoms with Crippen molar-refractivity contribution in [3.63, 3.8) is 0 Å². The number of benzene rings is 2. The predicted molar refractivity (Wildman–Crippen MR) is 110 cm³/mol. The Labute approximate surface area is 169 Å². The number of hydrogen-bond donors (Lipinski definition) is 1. The summed E-state index contributed by atoms with van der Waals surface area (Å²) in [4.78, 5) is 22.5. The second-order valence-corrected chi connectivity index (χ2v) is 6.98. The quantitative estimate of drug-likeness (QED) is 0.486. The van der Waals surface area contributed by atoms with Crippen LogP contribution in [0.25, 0.3) is 39.3 Å². The third kappa shape index (κ3) is 2.61. The SMILES string of the molecule is COc1cccc2oc(-c3c(C)nc4c(-c5ccc(F)cc5)c(C)[nH]n4c3=O)nc12. The number of halogens is 1. The van der Waals surface area contributed by atoms with Crippen molar-refractivity contribution in [2.24, 2.45) is 0 Å². The van der Waals surface area contributed by atoms with Crippen molar-refractivity contribution < 1.29 is 13.5 Å². The van der Waals surface area contributed by atoms with Gasteiger partial charge >= 0.3 is 0 Å². The van der Waals surface area contributed by atoms with Crippen LogP contribution in [0.5, 0.6) is 5.75 Å². The van der Waals surface area contributed by atoms with Crippen LogP contribution in [0.1, 0.15) is 11.4 Å². The van der Waals surface area contributed by atoms with Gasteiger partial charge in [0.05, 0.1) is 12.8 Å². The molecule has 0 bridgehead atoms. The Hall–Kier alpha value is -3.94. The Morgan fingerprint density at radius 1 is 1.07 bits per heavy atom. The number of aromatic amines is 1. The monoisotopic (exact) mass is 404 g/mol. The number of nitrogens with one attached hydrogen (secondary N) is 1. The molecule has 0 saturated carbocycles. The average Bonchev–Trinajstić information content (AvgIpc) is 3.29. The largest absolute Gasteiger partial charge is 0.494 e. The molecule has 0 aliphatic carbocycles. The van der Waals surface area contributed by atoms with E-state index in [4.69, 9.17) is 9.15 Å². The zero-order valence-electron chi connectivity index (χ0n) is 16.5. The Morgan fingerprint density at radius 3 is 2.57 bits per heavy atom. The molecule has 8 heteroatoms. The molecule has 5 aromatic rings. The van der Waals surface area contributed by atoms with Gasteiger partial charge in [0.15, 0.2) is 16.7 Å². The highest BCUT2D eigenvalue weighted by atomic mass is 19.1. The Morgan fingerprint density at radius 2 is 1.83 bits per heavy atom. The lowest BCUT2D eigenvalue weighted by Crippen LogP contribution is -2.19. The first-order valence-corrected chi connectivity index (χ1v) is 9.29. The molecule has 0 aliphatic heterocycles. The molecule has 3 aromatic heterocycles. The molecule has 3 heterocycles. The number of hydrogen-bond acceptors (Lipinski definition) is 5. The average molecular weight is 404 g/mol. The third-order valence-electron chi connectivity index (χ3n) is 5.09. The fourth-order valence-electron chi connectivity index (χ4n) is 3.69. The van der Waals surface area contributed by atoms with Crippen LogP contribution < -0.4 is 10.3 Å². The summed E-state index contributed by atoms with van der Waals surface area (Å²) in [5.41, 5.74) is 4.15. The molecule has 30 heavy (non-hydrogen) atoms. The maximum absolute atomic E-state index is 13.3. The maximum Gasteiger partial charge on any atom is 0.285 e. The number of aryl methyl sites for hydroxylation is 2. The number of H-pyrrole nitrogens is 1. The van der Waals surface area contributed by atoms with Crippen LogP contribution >= 0.6 is 0 Å². The normalized spacial score (nSPS) is 11.5. The first kappa shape index (κ1) is 18.1. The topological polar surface area (TPSA) is 85.4 Å². The molecule has 1 N–H and O–H groups in total. The molecule has 0 amide bonds. The molecule has 5 rings (SSSR count). The van der Waals surface area contributed by atoms with Gasteiger partial charge < -0.3 is 9.15 Å². The molecule has 7 nitrogen and oxygen atoms in total. The van der Waals surface area contributed by atoms with Gasteiger partial charge in [0.2, 0.25) is 5.89 Å². The van der Waals surface area contributed by atoms with Gasteiger partial charge in [-0.3, -0.25) is 9.89 Å². The highest BCUT2D eigenvalue weighted by molar-refractivity contribution is 5.83. The smallest absolute Gasteiger partial charge is 0.285 e. The zero-order chi connectivity index (χ0) is 21.0. The van der Waals surface area contributed by atoms with Crippen LogP contribution in [-0.2, 0) is 0 Å². The first-order chi connectivity index (χ1) is 14.5. The molecule has 150 valence electrons. The van der Waals surface area contributed by atoms with Gasteiger partial charge in [-0.05, 0) is 43.7 Å². The number of methoxy groups -OCH3 is 1. The van der Waals surface area contributed by atoms with E-state index in [0.717, 1.165) is 16.8 Å². The van der Waals surface area contributed by atoms with E-state index in [1.807, 2.05) is 6.92 Å². The molecular formula is C22H17FN4O3. The summed E-state index contributed by atoms with van der Waals surface area (Å²) in [7, 11) is 1.55. The summed E-state index contributed by atoms with van der Waals surface area (Å²) < 4.78 is 25.9. The van der Waals surface area contributed by atoms with Gasteiger partial charge in [0.25, 0.3) is 5.56 Å². The lowest BCUT2D eigenvalue weighted by molar-refractivity contribution is 0.419. The highest BCUT2D eigenvalue weighted by Gasteiger charge is 2.22. The minimum absolute atomic E-state index is 0.175.